The SMILES string of the molecule is Cc1ncc(C(=O)NCC2(C(=O)O)CCCCC2)s1. The van der Waals surface area contributed by atoms with Crippen molar-refractivity contribution < 1.29 is 14.7 Å². The second-order valence-corrected chi connectivity index (χ2v) is 6.31. The van der Waals surface area contributed by atoms with Crippen molar-refractivity contribution in [2.45, 2.75) is 39.0 Å². The highest BCUT2D eigenvalue weighted by Gasteiger charge is 2.39. The van der Waals surface area contributed by atoms with Gasteiger partial charge in [-0.15, -0.1) is 11.3 Å². The van der Waals surface area contributed by atoms with Gasteiger partial charge in [0.15, 0.2) is 0 Å². The van der Waals surface area contributed by atoms with Crippen molar-refractivity contribution >= 4 is 23.2 Å². The lowest BCUT2D eigenvalue weighted by atomic mass is 9.74. The first-order chi connectivity index (χ1) is 9.03. The fraction of sp³-hybridized carbons (Fsp3) is 0.615. The third-order valence-corrected chi connectivity index (χ3v) is 4.61. The number of carboxylic acid groups (broad SMARTS) is 1. The predicted molar refractivity (Wildman–Crippen MR) is 72.3 cm³/mol. The van der Waals surface area contributed by atoms with E-state index >= 15 is 0 Å². The number of thiazole rings is 1. The summed E-state index contributed by atoms with van der Waals surface area (Å²) in [6, 6.07) is 0. The maximum Gasteiger partial charge on any atom is 0.311 e. The molecule has 6 heteroatoms. The summed E-state index contributed by atoms with van der Waals surface area (Å²) in [5.74, 6) is -1.02. The number of hydrogen-bond donors (Lipinski definition) is 2. The molecule has 1 heterocycles. The Kier molecular flexibility index (Phi) is 4.19. The lowest BCUT2D eigenvalue weighted by Crippen LogP contribution is -2.44. The number of hydrogen-bond acceptors (Lipinski definition) is 4. The quantitative estimate of drug-likeness (QED) is 0.887. The van der Waals surface area contributed by atoms with Crippen molar-refractivity contribution in [3.63, 3.8) is 0 Å². The van der Waals surface area contributed by atoms with E-state index in [1.54, 1.807) is 0 Å². The summed E-state index contributed by atoms with van der Waals surface area (Å²) >= 11 is 1.32. The van der Waals surface area contributed by atoms with Gasteiger partial charge in [0.1, 0.15) is 4.88 Å². The second-order valence-electron chi connectivity index (χ2n) is 5.07. The van der Waals surface area contributed by atoms with E-state index in [0.717, 1.165) is 24.3 Å². The molecule has 0 aromatic carbocycles. The largest absolute Gasteiger partial charge is 0.481 e. The Balaban J connectivity index is 1.99. The molecule has 1 saturated carbocycles. The van der Waals surface area contributed by atoms with Crippen molar-refractivity contribution in [3.05, 3.63) is 16.1 Å². The molecule has 0 saturated heterocycles. The Labute approximate surface area is 116 Å². The molecule has 2 rings (SSSR count). The van der Waals surface area contributed by atoms with Crippen LogP contribution < -0.4 is 5.32 Å². The van der Waals surface area contributed by atoms with E-state index in [1.165, 1.54) is 17.5 Å². The third kappa shape index (κ3) is 3.12. The van der Waals surface area contributed by atoms with Gasteiger partial charge >= 0.3 is 5.97 Å². The molecule has 5 nitrogen and oxygen atoms in total. The normalized spacial score (nSPS) is 17.9. The van der Waals surface area contributed by atoms with Gasteiger partial charge in [0.25, 0.3) is 5.91 Å². The Bertz CT molecular complexity index is 478. The van der Waals surface area contributed by atoms with E-state index in [-0.39, 0.29) is 12.5 Å². The number of aryl methyl sites for hydroxylation is 1. The summed E-state index contributed by atoms with van der Waals surface area (Å²) < 4.78 is 0. The van der Waals surface area contributed by atoms with E-state index in [9.17, 15) is 14.7 Å². The Hall–Kier alpha value is -1.43. The fourth-order valence-corrected chi connectivity index (χ4v) is 3.19. The zero-order chi connectivity index (χ0) is 13.9. The lowest BCUT2D eigenvalue weighted by molar-refractivity contribution is -0.150. The Morgan fingerprint density at radius 1 is 1.42 bits per heavy atom. The van der Waals surface area contributed by atoms with Crippen LogP contribution in [0.5, 0.6) is 0 Å². The molecule has 1 aromatic heterocycles. The molecule has 1 aliphatic carbocycles. The van der Waals surface area contributed by atoms with Crippen LogP contribution in [0.25, 0.3) is 0 Å². The minimum absolute atomic E-state index is 0.206. The summed E-state index contributed by atoms with van der Waals surface area (Å²) in [6.07, 6.45) is 5.74. The molecule has 1 amide bonds. The van der Waals surface area contributed by atoms with Crippen LogP contribution >= 0.6 is 11.3 Å². The van der Waals surface area contributed by atoms with Gasteiger partial charge in [-0.1, -0.05) is 19.3 Å². The van der Waals surface area contributed by atoms with Crippen molar-refractivity contribution in [1.82, 2.24) is 10.3 Å². The number of nitrogens with one attached hydrogen (secondary N) is 1. The minimum Gasteiger partial charge on any atom is -0.481 e. The molecule has 2 N–H and O–H groups in total. The molecule has 1 aliphatic rings. The van der Waals surface area contributed by atoms with E-state index < -0.39 is 11.4 Å². The van der Waals surface area contributed by atoms with Crippen LogP contribution in [0.2, 0.25) is 0 Å². The number of carboxylic acids is 1. The van der Waals surface area contributed by atoms with Crippen molar-refractivity contribution in [1.29, 1.82) is 0 Å². The fourth-order valence-electron chi connectivity index (χ4n) is 2.50. The molecular weight excluding hydrogens is 264 g/mol. The second kappa shape index (κ2) is 5.69. The maximum absolute atomic E-state index is 11.9. The molecular formula is C13H18N2O3S. The molecule has 0 radical (unpaired) electrons. The predicted octanol–water partition coefficient (Wildman–Crippen LogP) is 2.22. The van der Waals surface area contributed by atoms with E-state index in [4.69, 9.17) is 0 Å². The highest BCUT2D eigenvalue weighted by molar-refractivity contribution is 7.13. The van der Waals surface area contributed by atoms with Gasteiger partial charge in [0.2, 0.25) is 0 Å². The first-order valence-electron chi connectivity index (χ1n) is 6.47. The third-order valence-electron chi connectivity index (χ3n) is 3.70. The molecule has 0 unspecified atom stereocenters. The summed E-state index contributed by atoms with van der Waals surface area (Å²) in [7, 11) is 0. The molecule has 104 valence electrons. The summed E-state index contributed by atoms with van der Waals surface area (Å²) in [5.41, 5.74) is -0.784. The zero-order valence-electron chi connectivity index (χ0n) is 10.9. The number of carbonyl (C=O) groups is 2. The number of aromatic nitrogens is 1. The van der Waals surface area contributed by atoms with Crippen molar-refractivity contribution in [2.75, 3.05) is 6.54 Å². The summed E-state index contributed by atoms with van der Waals surface area (Å²) in [4.78, 5) is 28.0. The van der Waals surface area contributed by atoms with Gasteiger partial charge in [0.05, 0.1) is 16.6 Å². The van der Waals surface area contributed by atoms with Crippen LogP contribution in [0.3, 0.4) is 0 Å². The van der Waals surface area contributed by atoms with Gasteiger partial charge < -0.3 is 10.4 Å². The van der Waals surface area contributed by atoms with Crippen molar-refractivity contribution in [3.8, 4) is 0 Å². The highest BCUT2D eigenvalue weighted by Crippen LogP contribution is 2.36. The lowest BCUT2D eigenvalue weighted by Gasteiger charge is -2.33. The number of nitrogens with zero attached hydrogens (tertiary/aromatic N) is 1. The minimum atomic E-state index is -0.798. The number of rotatable bonds is 4. The van der Waals surface area contributed by atoms with Gasteiger partial charge in [-0.3, -0.25) is 9.59 Å². The first-order valence-corrected chi connectivity index (χ1v) is 7.29. The van der Waals surface area contributed by atoms with Gasteiger partial charge in [-0.25, -0.2) is 4.98 Å². The standard InChI is InChI=1S/C13H18N2O3S/c1-9-14-7-10(19-9)11(16)15-8-13(12(17)18)5-3-2-4-6-13/h7H,2-6,8H2,1H3,(H,15,16)(H,17,18). The van der Waals surface area contributed by atoms with E-state index in [1.807, 2.05) is 6.92 Å². The molecule has 19 heavy (non-hydrogen) atoms. The maximum atomic E-state index is 11.9. The zero-order valence-corrected chi connectivity index (χ0v) is 11.8. The molecule has 0 aliphatic heterocycles. The first kappa shape index (κ1) is 14.0. The van der Waals surface area contributed by atoms with Crippen LogP contribution in [0, 0.1) is 12.3 Å². The molecule has 0 atom stereocenters. The number of aliphatic carboxylic acids is 1. The van der Waals surface area contributed by atoms with Gasteiger partial charge in [-0.05, 0) is 19.8 Å². The van der Waals surface area contributed by atoms with Gasteiger partial charge in [0, 0.05) is 6.54 Å². The Morgan fingerprint density at radius 2 is 2.11 bits per heavy atom. The smallest absolute Gasteiger partial charge is 0.311 e. The number of carbonyl (C=O) groups excluding carboxylic acids is 1. The van der Waals surface area contributed by atoms with Crippen LogP contribution in [0.1, 0.15) is 46.8 Å². The van der Waals surface area contributed by atoms with E-state index in [2.05, 4.69) is 10.3 Å². The highest BCUT2D eigenvalue weighted by atomic mass is 32.1. The van der Waals surface area contributed by atoms with E-state index in [0.29, 0.717) is 17.7 Å². The Morgan fingerprint density at radius 3 is 2.63 bits per heavy atom. The summed E-state index contributed by atoms with van der Waals surface area (Å²) in [5, 5.41) is 13.0. The van der Waals surface area contributed by atoms with Crippen LogP contribution in [0.4, 0.5) is 0 Å². The van der Waals surface area contributed by atoms with Crippen LogP contribution in [-0.4, -0.2) is 28.5 Å². The molecule has 1 fully saturated rings. The molecule has 0 spiro atoms. The van der Waals surface area contributed by atoms with Gasteiger partial charge in [-0.2, -0.15) is 0 Å². The number of amides is 1. The average Bonchev–Trinajstić information content (AvgIpc) is 2.83. The van der Waals surface area contributed by atoms with Crippen LogP contribution in [-0.2, 0) is 4.79 Å². The van der Waals surface area contributed by atoms with Crippen LogP contribution in [0.15, 0.2) is 6.20 Å². The monoisotopic (exact) mass is 282 g/mol. The van der Waals surface area contributed by atoms with Crippen molar-refractivity contribution in [2.24, 2.45) is 5.41 Å². The molecule has 0 bridgehead atoms. The summed E-state index contributed by atoms with van der Waals surface area (Å²) in [6.45, 7) is 2.04. The molecule has 1 aromatic rings. The topological polar surface area (TPSA) is 79.3 Å². The average molecular weight is 282 g/mol.